The van der Waals surface area contributed by atoms with Gasteiger partial charge < -0.3 is 21.3 Å². The largest absolute Gasteiger partial charge is 0.394 e. The van der Waals surface area contributed by atoms with Crippen molar-refractivity contribution in [1.29, 1.82) is 0 Å². The molecule has 0 fully saturated rings. The lowest BCUT2D eigenvalue weighted by molar-refractivity contribution is 0.0862. The highest BCUT2D eigenvalue weighted by molar-refractivity contribution is 5.94. The predicted octanol–water partition coefficient (Wildman–Crippen LogP) is 0.00850. The molecule has 0 saturated carbocycles. The maximum absolute atomic E-state index is 11.3. The van der Waals surface area contributed by atoms with Gasteiger partial charge in [-0.15, -0.1) is 0 Å². The van der Waals surface area contributed by atoms with Gasteiger partial charge >= 0.3 is 0 Å². The second kappa shape index (κ2) is 6.49. The lowest BCUT2D eigenvalue weighted by Crippen LogP contribution is -2.50. The number of nitrogens with two attached hydrogens (primary N) is 1. The lowest BCUT2D eigenvalue weighted by Gasteiger charge is -2.30. The van der Waals surface area contributed by atoms with Crippen LogP contribution in [0.1, 0.15) is 29.3 Å². The third-order valence-corrected chi connectivity index (χ3v) is 3.22. The van der Waals surface area contributed by atoms with Gasteiger partial charge in [-0.2, -0.15) is 0 Å². The van der Waals surface area contributed by atoms with Gasteiger partial charge in [-0.05, 0) is 18.1 Å². The smallest absolute Gasteiger partial charge is 0.249 e. The number of benzene rings is 1. The Hall–Kier alpha value is -1.43. The van der Waals surface area contributed by atoms with E-state index >= 15 is 0 Å². The first-order valence-corrected chi connectivity index (χ1v) is 5.93. The molecule has 1 amide bonds. The first-order chi connectivity index (χ1) is 8.58. The minimum absolute atomic E-state index is 0.168. The van der Waals surface area contributed by atoms with Gasteiger partial charge in [0.15, 0.2) is 0 Å². The van der Waals surface area contributed by atoms with Crippen LogP contribution in [0.3, 0.4) is 0 Å². The second-order valence-corrected chi connectivity index (χ2v) is 4.33. The van der Waals surface area contributed by atoms with Crippen molar-refractivity contribution in [3.8, 4) is 0 Å². The average Bonchev–Trinajstić information content (AvgIpc) is 2.41. The molecule has 0 radical (unpaired) electrons. The van der Waals surface area contributed by atoms with Crippen molar-refractivity contribution in [2.24, 2.45) is 5.73 Å². The van der Waals surface area contributed by atoms with Crippen molar-refractivity contribution >= 4 is 5.91 Å². The molecule has 0 aromatic heterocycles. The van der Waals surface area contributed by atoms with Crippen molar-refractivity contribution in [2.45, 2.75) is 25.4 Å². The number of carbonyl (C=O) groups is 1. The molecular weight excluding hydrogens is 232 g/mol. The normalized spacial score (nSPS) is 11.5. The molecule has 1 aromatic rings. The van der Waals surface area contributed by atoms with E-state index in [2.05, 4.69) is 5.32 Å². The Bertz CT molecular complexity index is 395. The van der Waals surface area contributed by atoms with Gasteiger partial charge in [0.25, 0.3) is 0 Å². The van der Waals surface area contributed by atoms with E-state index in [-0.39, 0.29) is 13.2 Å². The summed E-state index contributed by atoms with van der Waals surface area (Å²) in [6, 6.07) is 7.01. The fourth-order valence-corrected chi connectivity index (χ4v) is 1.71. The van der Waals surface area contributed by atoms with E-state index in [9.17, 15) is 15.0 Å². The van der Waals surface area contributed by atoms with Crippen LogP contribution in [0.5, 0.6) is 0 Å². The minimum atomic E-state index is -0.731. The fourth-order valence-electron chi connectivity index (χ4n) is 1.71. The number of primary amides is 1. The summed E-state index contributed by atoms with van der Waals surface area (Å²) >= 11 is 0. The third-order valence-electron chi connectivity index (χ3n) is 3.22. The van der Waals surface area contributed by atoms with Gasteiger partial charge in [0.05, 0.1) is 18.8 Å². The van der Waals surface area contributed by atoms with Crippen LogP contribution in [0.4, 0.5) is 0 Å². The van der Waals surface area contributed by atoms with Crippen molar-refractivity contribution in [2.75, 3.05) is 13.2 Å². The summed E-state index contributed by atoms with van der Waals surface area (Å²) < 4.78 is 0. The van der Waals surface area contributed by atoms with Crippen LogP contribution >= 0.6 is 0 Å². The summed E-state index contributed by atoms with van der Waals surface area (Å²) in [7, 11) is 0. The van der Waals surface area contributed by atoms with Crippen LogP contribution in [0.25, 0.3) is 0 Å². The lowest BCUT2D eigenvalue weighted by atomic mass is 9.97. The van der Waals surface area contributed by atoms with Gasteiger partial charge in [-0.3, -0.25) is 4.79 Å². The summed E-state index contributed by atoms with van der Waals surface area (Å²) in [6.07, 6.45) is 0.582. The number of aliphatic hydroxyl groups excluding tert-OH is 2. The zero-order chi connectivity index (χ0) is 13.6. The van der Waals surface area contributed by atoms with Crippen LogP contribution in [0.2, 0.25) is 0 Å². The third kappa shape index (κ3) is 3.29. The highest BCUT2D eigenvalue weighted by Gasteiger charge is 2.26. The van der Waals surface area contributed by atoms with Crippen LogP contribution in [-0.2, 0) is 6.54 Å². The summed E-state index contributed by atoms with van der Waals surface area (Å²) in [6.45, 7) is 1.91. The summed E-state index contributed by atoms with van der Waals surface area (Å²) in [5.74, 6) is -0.484. The molecular formula is C13H20N2O3. The minimum Gasteiger partial charge on any atom is -0.394 e. The van der Waals surface area contributed by atoms with E-state index in [1.807, 2.05) is 13.0 Å². The first-order valence-electron chi connectivity index (χ1n) is 5.93. The number of amides is 1. The molecule has 5 heteroatoms. The Morgan fingerprint density at radius 3 is 2.44 bits per heavy atom. The molecule has 0 spiro atoms. The average molecular weight is 252 g/mol. The maximum atomic E-state index is 11.3. The van der Waals surface area contributed by atoms with Gasteiger partial charge in [0, 0.05) is 12.1 Å². The Kier molecular flexibility index (Phi) is 5.27. The molecule has 0 atom stereocenters. The molecule has 0 heterocycles. The molecule has 0 aliphatic heterocycles. The predicted molar refractivity (Wildman–Crippen MR) is 69.0 cm³/mol. The van der Waals surface area contributed by atoms with Crippen LogP contribution < -0.4 is 11.1 Å². The number of carbonyl (C=O) groups excluding carboxylic acids is 1. The Balaban J connectivity index is 2.83. The molecule has 0 bridgehead atoms. The number of rotatable bonds is 7. The molecule has 5 N–H and O–H groups in total. The molecule has 1 rings (SSSR count). The molecule has 0 aliphatic carbocycles. The Morgan fingerprint density at radius 1 is 1.33 bits per heavy atom. The first kappa shape index (κ1) is 14.6. The maximum Gasteiger partial charge on any atom is 0.249 e. The summed E-state index contributed by atoms with van der Waals surface area (Å²) in [5.41, 5.74) is 5.76. The van der Waals surface area contributed by atoms with E-state index in [1.54, 1.807) is 18.2 Å². The van der Waals surface area contributed by atoms with E-state index in [4.69, 9.17) is 5.73 Å². The highest BCUT2D eigenvalue weighted by Crippen LogP contribution is 2.13. The standard InChI is InChI=1S/C13H20N2O3/c1-2-13(8-16,9-17)15-7-10-5-3-4-6-11(10)12(14)18/h3-6,15-17H,2,7-9H2,1H3,(H2,14,18). The summed E-state index contributed by atoms with van der Waals surface area (Å²) in [4.78, 5) is 11.3. The van der Waals surface area contributed by atoms with E-state index in [1.165, 1.54) is 0 Å². The topological polar surface area (TPSA) is 95.6 Å². The molecule has 18 heavy (non-hydrogen) atoms. The number of nitrogens with one attached hydrogen (secondary N) is 1. The van der Waals surface area contributed by atoms with E-state index in [0.717, 1.165) is 5.56 Å². The second-order valence-electron chi connectivity index (χ2n) is 4.33. The van der Waals surface area contributed by atoms with Crippen molar-refractivity contribution < 1.29 is 15.0 Å². The van der Waals surface area contributed by atoms with Gasteiger partial charge in [-0.25, -0.2) is 0 Å². The molecule has 0 saturated heterocycles. The van der Waals surface area contributed by atoms with Gasteiger partial charge in [0.1, 0.15) is 0 Å². The molecule has 0 unspecified atom stereocenters. The Morgan fingerprint density at radius 2 is 1.94 bits per heavy atom. The number of hydrogen-bond acceptors (Lipinski definition) is 4. The molecule has 100 valence electrons. The Labute approximate surface area is 107 Å². The van der Waals surface area contributed by atoms with Crippen LogP contribution in [0.15, 0.2) is 24.3 Å². The zero-order valence-corrected chi connectivity index (χ0v) is 10.5. The van der Waals surface area contributed by atoms with Crippen LogP contribution in [-0.4, -0.2) is 34.9 Å². The van der Waals surface area contributed by atoms with Crippen molar-refractivity contribution in [3.63, 3.8) is 0 Å². The monoisotopic (exact) mass is 252 g/mol. The SMILES string of the molecule is CCC(CO)(CO)NCc1ccccc1C(N)=O. The molecule has 1 aromatic carbocycles. The quantitative estimate of drug-likeness (QED) is 0.549. The van der Waals surface area contributed by atoms with Gasteiger partial charge in [-0.1, -0.05) is 25.1 Å². The molecule has 5 nitrogen and oxygen atoms in total. The molecule has 0 aliphatic rings. The van der Waals surface area contributed by atoms with E-state index in [0.29, 0.717) is 18.5 Å². The highest BCUT2D eigenvalue weighted by atomic mass is 16.3. The van der Waals surface area contributed by atoms with Gasteiger partial charge in [0.2, 0.25) is 5.91 Å². The van der Waals surface area contributed by atoms with Crippen molar-refractivity contribution in [1.82, 2.24) is 5.32 Å². The zero-order valence-electron chi connectivity index (χ0n) is 10.5. The number of hydrogen-bond donors (Lipinski definition) is 4. The van der Waals surface area contributed by atoms with Crippen LogP contribution in [0, 0.1) is 0 Å². The summed E-state index contributed by atoms with van der Waals surface area (Å²) in [5, 5.41) is 21.7. The fraction of sp³-hybridized carbons (Fsp3) is 0.462. The van der Waals surface area contributed by atoms with E-state index < -0.39 is 11.4 Å². The number of aliphatic hydroxyl groups is 2. The van der Waals surface area contributed by atoms with Crippen molar-refractivity contribution in [3.05, 3.63) is 35.4 Å².